The number of fused-ring (bicyclic) bond motifs is 2. The van der Waals surface area contributed by atoms with Gasteiger partial charge in [-0.1, -0.05) is 131 Å². The fourth-order valence-electron chi connectivity index (χ4n) is 11.8. The molecule has 47 heavy (non-hydrogen) atoms. The molecular formula is C40H75NO3Si3. The van der Waals surface area contributed by atoms with Crippen LogP contribution < -0.4 is 4.57 Å². The third-order valence-corrected chi connectivity index (χ3v) is 32.4. The van der Waals surface area contributed by atoms with E-state index >= 15 is 0 Å². The molecule has 1 aromatic carbocycles. The number of ketones is 1. The van der Waals surface area contributed by atoms with Crippen molar-refractivity contribution in [2.24, 2.45) is 0 Å². The van der Waals surface area contributed by atoms with E-state index in [1.807, 2.05) is 0 Å². The Hall–Kier alpha value is -0.739. The summed E-state index contributed by atoms with van der Waals surface area (Å²) in [6.07, 6.45) is 1.55. The zero-order valence-electron chi connectivity index (χ0n) is 34.1. The highest BCUT2D eigenvalue weighted by atomic mass is 28.4. The van der Waals surface area contributed by atoms with Crippen molar-refractivity contribution < 1.29 is 13.6 Å². The minimum absolute atomic E-state index is 0.282. The lowest BCUT2D eigenvalue weighted by Gasteiger charge is -2.51. The van der Waals surface area contributed by atoms with E-state index in [-0.39, 0.29) is 5.78 Å². The minimum Gasteiger partial charge on any atom is -0.415 e. The SMILES string of the molecule is CC(C)[Si](OCC1(CO[Si](C(C)C)(C(C)C)C(C)C)CC(=O)c2cc3c(cc21)CCN3[Si](C(C)C)(C(C)C)C(C)C)(C(C)C)C(C)C. The number of hydrogen-bond acceptors (Lipinski definition) is 4. The summed E-state index contributed by atoms with van der Waals surface area (Å²) >= 11 is 0. The molecule has 0 atom stereocenters. The quantitative estimate of drug-likeness (QED) is 0.161. The van der Waals surface area contributed by atoms with E-state index in [1.54, 1.807) is 0 Å². The van der Waals surface area contributed by atoms with E-state index in [0.29, 0.717) is 69.5 Å². The number of carbonyl (C=O) groups is 1. The van der Waals surface area contributed by atoms with Gasteiger partial charge in [-0.3, -0.25) is 4.79 Å². The highest BCUT2D eigenvalue weighted by Crippen LogP contribution is 2.53. The van der Waals surface area contributed by atoms with Gasteiger partial charge in [0.15, 0.2) is 30.7 Å². The number of hydrogen-bond donors (Lipinski definition) is 0. The van der Waals surface area contributed by atoms with Gasteiger partial charge >= 0.3 is 0 Å². The third kappa shape index (κ3) is 6.60. The maximum atomic E-state index is 14.4. The first-order valence-electron chi connectivity index (χ1n) is 19.4. The van der Waals surface area contributed by atoms with Gasteiger partial charge in [0.25, 0.3) is 0 Å². The average molecular weight is 702 g/mol. The molecule has 1 aliphatic carbocycles. The molecular weight excluding hydrogens is 627 g/mol. The van der Waals surface area contributed by atoms with Gasteiger partial charge in [0.1, 0.15) is 0 Å². The fraction of sp³-hybridized carbons (Fsp3) is 0.825. The Morgan fingerprint density at radius 3 is 1.34 bits per heavy atom. The van der Waals surface area contributed by atoms with Gasteiger partial charge in [0, 0.05) is 42.8 Å². The second-order valence-electron chi connectivity index (χ2n) is 18.4. The molecule has 270 valence electrons. The third-order valence-electron chi connectivity index (χ3n) is 13.3. The van der Waals surface area contributed by atoms with Crippen LogP contribution in [-0.4, -0.2) is 50.4 Å². The Bertz CT molecular complexity index is 1130. The van der Waals surface area contributed by atoms with E-state index in [9.17, 15) is 4.79 Å². The molecule has 0 saturated carbocycles. The molecule has 0 bridgehead atoms. The molecule has 0 aromatic heterocycles. The molecule has 1 heterocycles. The van der Waals surface area contributed by atoms with E-state index in [0.717, 1.165) is 18.5 Å². The molecule has 1 aromatic rings. The smallest absolute Gasteiger partial charge is 0.200 e. The van der Waals surface area contributed by atoms with Crippen molar-refractivity contribution in [1.82, 2.24) is 0 Å². The lowest BCUT2D eigenvalue weighted by Crippen LogP contribution is -2.60. The van der Waals surface area contributed by atoms with Crippen molar-refractivity contribution in [3.63, 3.8) is 0 Å². The van der Waals surface area contributed by atoms with Crippen molar-refractivity contribution in [2.75, 3.05) is 24.3 Å². The van der Waals surface area contributed by atoms with Gasteiger partial charge in [-0.15, -0.1) is 0 Å². The molecule has 0 N–H and O–H groups in total. The van der Waals surface area contributed by atoms with Crippen molar-refractivity contribution in [2.45, 2.75) is 193 Å². The first-order chi connectivity index (χ1) is 21.6. The van der Waals surface area contributed by atoms with Gasteiger partial charge in [-0.25, -0.2) is 0 Å². The normalized spacial score (nSPS) is 17.4. The molecule has 0 unspecified atom stereocenters. The number of rotatable bonds is 16. The number of nitrogens with zero attached hydrogens (tertiary/aromatic N) is 1. The summed E-state index contributed by atoms with van der Waals surface area (Å²) in [4.78, 5) is 14.4. The molecule has 7 heteroatoms. The van der Waals surface area contributed by atoms with Crippen molar-refractivity contribution >= 4 is 36.3 Å². The predicted octanol–water partition coefficient (Wildman–Crippen LogP) is 12.4. The molecule has 0 amide bonds. The average Bonchev–Trinajstić information content (AvgIpc) is 3.45. The fourth-order valence-corrected chi connectivity index (χ4v) is 29.8. The Labute approximate surface area is 294 Å². The van der Waals surface area contributed by atoms with Crippen LogP contribution >= 0.6 is 0 Å². The summed E-state index contributed by atoms with van der Waals surface area (Å²) in [6, 6.07) is 4.81. The topological polar surface area (TPSA) is 38.8 Å². The van der Waals surface area contributed by atoms with Crippen LogP contribution in [0.1, 0.15) is 153 Å². The molecule has 3 rings (SSSR count). The van der Waals surface area contributed by atoms with Crippen LogP contribution in [0.3, 0.4) is 0 Å². The van der Waals surface area contributed by atoms with Crippen LogP contribution in [0.5, 0.6) is 0 Å². The number of carbonyl (C=O) groups excluding carboxylic acids is 1. The highest BCUT2D eigenvalue weighted by molar-refractivity contribution is 6.87. The first kappa shape index (κ1) is 40.7. The second-order valence-corrected chi connectivity index (χ2v) is 35.1. The van der Waals surface area contributed by atoms with Gasteiger partial charge in [0.2, 0.25) is 0 Å². The van der Waals surface area contributed by atoms with Gasteiger partial charge in [0.05, 0.1) is 0 Å². The maximum absolute atomic E-state index is 14.4. The summed E-state index contributed by atoms with van der Waals surface area (Å²) in [5, 5.41) is 0. The Morgan fingerprint density at radius 1 is 0.617 bits per heavy atom. The molecule has 2 aliphatic rings. The number of Topliss-reactive ketones (excluding diaryl/α,β-unsaturated/α-hetero) is 1. The van der Waals surface area contributed by atoms with Gasteiger partial charge in [-0.05, 0) is 73.5 Å². The van der Waals surface area contributed by atoms with Crippen molar-refractivity contribution in [1.29, 1.82) is 0 Å². The number of benzene rings is 1. The molecule has 1 aliphatic heterocycles. The Morgan fingerprint density at radius 2 is 1.00 bits per heavy atom. The Kier molecular flexibility index (Phi) is 12.9. The molecule has 0 radical (unpaired) electrons. The highest BCUT2D eigenvalue weighted by Gasteiger charge is 2.55. The van der Waals surface area contributed by atoms with Crippen molar-refractivity contribution in [3.05, 3.63) is 28.8 Å². The van der Waals surface area contributed by atoms with E-state index in [4.69, 9.17) is 8.85 Å². The molecule has 4 nitrogen and oxygen atoms in total. The summed E-state index contributed by atoms with van der Waals surface area (Å²) in [5.74, 6) is 0.282. The standard InChI is InChI=1S/C40H75NO3Si3/c1-26(2)45(27(3)4,28(5)6)41-20-19-35-21-37-36(22-38(35)41)39(42)23-40(37,24-43-46(29(7)8,30(9)10)31(11)12)25-44-47(32(13)14,33(15)16)34(17)18/h21-22,26-34H,19-20,23-25H2,1-18H3. The van der Waals surface area contributed by atoms with E-state index in [1.165, 1.54) is 16.8 Å². The zero-order chi connectivity index (χ0) is 36.0. The summed E-state index contributed by atoms with van der Waals surface area (Å²) in [5.41, 5.74) is 9.29. The van der Waals surface area contributed by atoms with Crippen molar-refractivity contribution in [3.8, 4) is 0 Å². The molecule has 0 saturated heterocycles. The van der Waals surface area contributed by atoms with E-state index in [2.05, 4.69) is 141 Å². The number of anilines is 1. The van der Waals surface area contributed by atoms with Crippen LogP contribution in [0.2, 0.25) is 49.9 Å². The van der Waals surface area contributed by atoms with Crippen LogP contribution in [0, 0.1) is 0 Å². The molecule has 0 fully saturated rings. The molecule has 0 spiro atoms. The summed E-state index contributed by atoms with van der Waals surface area (Å²) in [6.45, 7) is 45.3. The van der Waals surface area contributed by atoms with Crippen LogP contribution in [-0.2, 0) is 20.7 Å². The summed E-state index contributed by atoms with van der Waals surface area (Å²) < 4.78 is 17.8. The van der Waals surface area contributed by atoms with Crippen LogP contribution in [0.15, 0.2) is 12.1 Å². The van der Waals surface area contributed by atoms with Gasteiger partial charge in [-0.2, -0.15) is 0 Å². The monoisotopic (exact) mass is 702 g/mol. The minimum atomic E-state index is -2.18. The lowest BCUT2D eigenvalue weighted by atomic mass is 9.83. The van der Waals surface area contributed by atoms with Crippen LogP contribution in [0.25, 0.3) is 0 Å². The second kappa shape index (κ2) is 14.9. The summed E-state index contributed by atoms with van der Waals surface area (Å²) in [7, 11) is -6.26. The predicted molar refractivity (Wildman–Crippen MR) is 213 cm³/mol. The Balaban J connectivity index is 2.26. The largest absolute Gasteiger partial charge is 0.415 e. The van der Waals surface area contributed by atoms with Crippen LogP contribution in [0.4, 0.5) is 5.69 Å². The van der Waals surface area contributed by atoms with Gasteiger partial charge < -0.3 is 13.4 Å². The van der Waals surface area contributed by atoms with E-state index < -0.39 is 30.3 Å². The lowest BCUT2D eigenvalue weighted by molar-refractivity contribution is 0.0871. The first-order valence-corrected chi connectivity index (χ1v) is 25.8. The maximum Gasteiger partial charge on any atom is 0.200 e. The zero-order valence-corrected chi connectivity index (χ0v) is 37.1.